The largest absolute Gasteiger partial charge is 0.307 e. The number of anilines is 1. The molecule has 1 aliphatic rings. The molecule has 2 aromatic heterocycles. The van der Waals surface area contributed by atoms with E-state index in [0.29, 0.717) is 28.7 Å². The molecule has 0 aliphatic heterocycles. The number of thiazole rings is 1. The van der Waals surface area contributed by atoms with Crippen LogP contribution in [0.25, 0.3) is 0 Å². The fourth-order valence-electron chi connectivity index (χ4n) is 2.97. The van der Waals surface area contributed by atoms with E-state index in [4.69, 9.17) is 12.2 Å². The molecule has 8 heteroatoms. The molecule has 2 aromatic rings. The molecule has 1 saturated carbocycles. The van der Waals surface area contributed by atoms with Crippen molar-refractivity contribution in [1.82, 2.24) is 19.7 Å². The monoisotopic (exact) mass is 351 g/mol. The highest BCUT2D eigenvalue weighted by Gasteiger charge is 2.18. The van der Waals surface area contributed by atoms with Crippen molar-refractivity contribution in [3.63, 3.8) is 0 Å². The molecule has 124 valence electrons. The van der Waals surface area contributed by atoms with Gasteiger partial charge in [0, 0.05) is 18.8 Å². The van der Waals surface area contributed by atoms with Crippen LogP contribution in [0, 0.1) is 10.7 Å². The highest BCUT2D eigenvalue weighted by Crippen LogP contribution is 2.27. The van der Waals surface area contributed by atoms with E-state index >= 15 is 0 Å². The van der Waals surface area contributed by atoms with Crippen molar-refractivity contribution in [2.75, 3.05) is 5.32 Å². The standard InChI is InChI=1S/C15H21N5OS2/c1-20-12(18-19-15(20)22)8-11-9-23-14(16-11)17-13(21)7-10-5-3-2-4-6-10/h9-10H,2-8H2,1H3,(H,19,22)(H,16,17,21). The van der Waals surface area contributed by atoms with Gasteiger partial charge in [-0.25, -0.2) is 4.98 Å². The molecule has 0 spiro atoms. The Morgan fingerprint density at radius 3 is 2.96 bits per heavy atom. The van der Waals surface area contributed by atoms with Crippen molar-refractivity contribution in [2.45, 2.75) is 44.9 Å². The zero-order valence-electron chi connectivity index (χ0n) is 13.2. The molecular weight excluding hydrogens is 330 g/mol. The van der Waals surface area contributed by atoms with Crippen LogP contribution >= 0.6 is 23.6 Å². The number of carbonyl (C=O) groups excluding carboxylic acids is 1. The van der Waals surface area contributed by atoms with Gasteiger partial charge in [0.15, 0.2) is 9.90 Å². The molecule has 1 fully saturated rings. The van der Waals surface area contributed by atoms with Gasteiger partial charge in [0.1, 0.15) is 5.82 Å². The van der Waals surface area contributed by atoms with Crippen LogP contribution < -0.4 is 5.32 Å². The maximum Gasteiger partial charge on any atom is 0.226 e. The van der Waals surface area contributed by atoms with Gasteiger partial charge < -0.3 is 9.88 Å². The summed E-state index contributed by atoms with van der Waals surface area (Å²) in [6, 6.07) is 0. The van der Waals surface area contributed by atoms with Gasteiger partial charge in [0.05, 0.1) is 12.1 Å². The third kappa shape index (κ3) is 4.26. The molecule has 0 unspecified atom stereocenters. The van der Waals surface area contributed by atoms with Crippen LogP contribution in [-0.2, 0) is 18.3 Å². The van der Waals surface area contributed by atoms with E-state index in [1.807, 2.05) is 17.0 Å². The van der Waals surface area contributed by atoms with Gasteiger partial charge in [-0.2, -0.15) is 5.10 Å². The summed E-state index contributed by atoms with van der Waals surface area (Å²) >= 11 is 6.56. The molecular formula is C15H21N5OS2. The second-order valence-electron chi connectivity index (χ2n) is 6.08. The fraction of sp³-hybridized carbons (Fsp3) is 0.600. The Morgan fingerprint density at radius 1 is 1.48 bits per heavy atom. The molecule has 0 saturated heterocycles. The number of carbonyl (C=O) groups is 1. The Morgan fingerprint density at radius 2 is 2.26 bits per heavy atom. The molecule has 0 radical (unpaired) electrons. The summed E-state index contributed by atoms with van der Waals surface area (Å²) in [5.41, 5.74) is 0.889. The van der Waals surface area contributed by atoms with E-state index in [1.54, 1.807) is 0 Å². The molecule has 0 aromatic carbocycles. The maximum absolute atomic E-state index is 12.1. The molecule has 3 rings (SSSR count). The van der Waals surface area contributed by atoms with E-state index in [2.05, 4.69) is 20.5 Å². The number of H-pyrrole nitrogens is 1. The summed E-state index contributed by atoms with van der Waals surface area (Å²) < 4.78 is 2.42. The highest BCUT2D eigenvalue weighted by atomic mass is 32.1. The lowest BCUT2D eigenvalue weighted by Crippen LogP contribution is -2.18. The number of aromatic nitrogens is 4. The first kappa shape index (κ1) is 16.3. The molecule has 1 aliphatic carbocycles. The van der Waals surface area contributed by atoms with Gasteiger partial charge in [-0.05, 0) is 31.0 Å². The minimum Gasteiger partial charge on any atom is -0.307 e. The molecule has 6 nitrogen and oxygen atoms in total. The van der Waals surface area contributed by atoms with Gasteiger partial charge in [-0.15, -0.1) is 11.3 Å². The second-order valence-corrected chi connectivity index (χ2v) is 7.33. The van der Waals surface area contributed by atoms with Crippen LogP contribution in [0.2, 0.25) is 0 Å². The Hall–Kier alpha value is -1.54. The molecule has 2 N–H and O–H groups in total. The van der Waals surface area contributed by atoms with Crippen molar-refractivity contribution in [1.29, 1.82) is 0 Å². The van der Waals surface area contributed by atoms with Crippen molar-refractivity contribution < 1.29 is 4.79 Å². The lowest BCUT2D eigenvalue weighted by atomic mass is 9.87. The topological polar surface area (TPSA) is 75.6 Å². The van der Waals surface area contributed by atoms with E-state index < -0.39 is 0 Å². The minimum atomic E-state index is 0.0796. The number of nitrogens with zero attached hydrogens (tertiary/aromatic N) is 3. The number of hydrogen-bond donors (Lipinski definition) is 2. The van der Waals surface area contributed by atoms with Crippen molar-refractivity contribution in [3.8, 4) is 0 Å². The van der Waals surface area contributed by atoms with E-state index in [1.165, 1.54) is 43.4 Å². The number of hydrogen-bond acceptors (Lipinski definition) is 5. The first-order chi connectivity index (χ1) is 11.1. The van der Waals surface area contributed by atoms with Crippen molar-refractivity contribution in [2.24, 2.45) is 13.0 Å². The Labute approximate surface area is 144 Å². The van der Waals surface area contributed by atoms with E-state index in [-0.39, 0.29) is 5.91 Å². The smallest absolute Gasteiger partial charge is 0.226 e. The molecule has 0 bridgehead atoms. The normalized spacial score (nSPS) is 15.7. The Kier molecular flexibility index (Phi) is 5.22. The van der Waals surface area contributed by atoms with Crippen LogP contribution in [-0.4, -0.2) is 25.7 Å². The third-order valence-corrected chi connectivity index (χ3v) is 5.48. The van der Waals surface area contributed by atoms with Crippen LogP contribution in [0.5, 0.6) is 0 Å². The summed E-state index contributed by atoms with van der Waals surface area (Å²) in [6.07, 6.45) is 7.38. The lowest BCUT2D eigenvalue weighted by molar-refractivity contribution is -0.117. The maximum atomic E-state index is 12.1. The minimum absolute atomic E-state index is 0.0796. The van der Waals surface area contributed by atoms with Gasteiger partial charge in [-0.1, -0.05) is 19.3 Å². The number of aromatic amines is 1. The summed E-state index contributed by atoms with van der Waals surface area (Å²) in [5.74, 6) is 1.45. The SMILES string of the molecule is Cn1c(Cc2csc(NC(=O)CC3CCCCC3)n2)n[nH]c1=S. The van der Waals surface area contributed by atoms with Crippen molar-refractivity contribution in [3.05, 3.63) is 21.7 Å². The van der Waals surface area contributed by atoms with Crippen LogP contribution in [0.15, 0.2) is 5.38 Å². The first-order valence-corrected chi connectivity index (χ1v) is 9.25. The number of rotatable bonds is 5. The van der Waals surface area contributed by atoms with E-state index in [0.717, 1.165) is 11.5 Å². The molecule has 2 heterocycles. The Balaban J connectivity index is 1.55. The second kappa shape index (κ2) is 7.35. The summed E-state index contributed by atoms with van der Waals surface area (Å²) in [6.45, 7) is 0. The zero-order valence-corrected chi connectivity index (χ0v) is 14.8. The summed E-state index contributed by atoms with van der Waals surface area (Å²) in [4.78, 5) is 16.6. The fourth-order valence-corrected chi connectivity index (χ4v) is 3.85. The first-order valence-electron chi connectivity index (χ1n) is 7.96. The molecule has 1 amide bonds. The number of amides is 1. The average molecular weight is 352 g/mol. The van der Waals surface area contributed by atoms with Crippen LogP contribution in [0.3, 0.4) is 0 Å². The summed E-state index contributed by atoms with van der Waals surface area (Å²) in [5, 5.41) is 12.5. The van der Waals surface area contributed by atoms with Gasteiger partial charge in [0.2, 0.25) is 5.91 Å². The number of nitrogens with one attached hydrogen (secondary N) is 2. The molecule has 23 heavy (non-hydrogen) atoms. The Bertz CT molecular complexity index is 726. The van der Waals surface area contributed by atoms with Crippen molar-refractivity contribution >= 4 is 34.6 Å². The van der Waals surface area contributed by atoms with Crippen LogP contribution in [0.4, 0.5) is 5.13 Å². The van der Waals surface area contributed by atoms with Crippen LogP contribution in [0.1, 0.15) is 50.0 Å². The van der Waals surface area contributed by atoms with Gasteiger partial charge in [-0.3, -0.25) is 9.89 Å². The molecule has 0 atom stereocenters. The predicted molar refractivity (Wildman–Crippen MR) is 93.1 cm³/mol. The van der Waals surface area contributed by atoms with Gasteiger partial charge >= 0.3 is 0 Å². The quantitative estimate of drug-likeness (QED) is 0.809. The predicted octanol–water partition coefficient (Wildman–Crippen LogP) is 3.43. The zero-order chi connectivity index (χ0) is 16.2. The summed E-state index contributed by atoms with van der Waals surface area (Å²) in [7, 11) is 1.88. The average Bonchev–Trinajstić information content (AvgIpc) is 3.10. The van der Waals surface area contributed by atoms with Gasteiger partial charge in [0.25, 0.3) is 0 Å². The highest BCUT2D eigenvalue weighted by molar-refractivity contribution is 7.71. The lowest BCUT2D eigenvalue weighted by Gasteiger charge is -2.20. The van der Waals surface area contributed by atoms with E-state index in [9.17, 15) is 4.79 Å². The third-order valence-electron chi connectivity index (χ3n) is 4.31.